The van der Waals surface area contributed by atoms with Crippen molar-refractivity contribution < 1.29 is 19.4 Å². The molecule has 0 spiro atoms. The predicted molar refractivity (Wildman–Crippen MR) is 60.5 cm³/mol. The summed E-state index contributed by atoms with van der Waals surface area (Å²) in [5, 5.41) is 11.5. The van der Waals surface area contributed by atoms with Gasteiger partial charge in [0, 0.05) is 6.54 Å². The van der Waals surface area contributed by atoms with Crippen molar-refractivity contribution in [3.63, 3.8) is 0 Å². The second-order valence-corrected chi connectivity index (χ2v) is 4.91. The Morgan fingerprint density at radius 3 is 2.47 bits per heavy atom. The number of hydrogen-bond acceptors (Lipinski definition) is 3. The van der Waals surface area contributed by atoms with Gasteiger partial charge in [0.25, 0.3) is 0 Å². The normalized spacial score (nSPS) is 28.0. The lowest BCUT2D eigenvalue weighted by Crippen LogP contribution is -2.36. The molecule has 0 aromatic heterocycles. The van der Waals surface area contributed by atoms with Gasteiger partial charge in [0.05, 0.1) is 0 Å². The van der Waals surface area contributed by atoms with E-state index in [0.29, 0.717) is 19.4 Å². The number of hydrogen-bond donors (Lipinski definition) is 2. The van der Waals surface area contributed by atoms with E-state index in [4.69, 9.17) is 9.84 Å². The molecular weight excluding hydrogens is 222 g/mol. The molecule has 0 radical (unpaired) electrons. The summed E-state index contributed by atoms with van der Waals surface area (Å²) in [5.41, 5.74) is 0. The maximum atomic E-state index is 11.6. The molecule has 1 aliphatic carbocycles. The van der Waals surface area contributed by atoms with E-state index >= 15 is 0 Å². The standard InChI is InChI=1S/C12H19NO4/c14-11(13-7-1-2-8-3-4-8)9-5-6-10(17-9)12(15)16/h8-10H,1-7H2,(H,13,14)(H,15,16). The summed E-state index contributed by atoms with van der Waals surface area (Å²) in [4.78, 5) is 22.3. The average molecular weight is 241 g/mol. The van der Waals surface area contributed by atoms with Gasteiger partial charge in [-0.25, -0.2) is 4.79 Å². The molecule has 1 heterocycles. The minimum Gasteiger partial charge on any atom is -0.479 e. The van der Waals surface area contributed by atoms with Crippen LogP contribution in [0, 0.1) is 5.92 Å². The highest BCUT2D eigenvalue weighted by Gasteiger charge is 2.34. The van der Waals surface area contributed by atoms with Crippen LogP contribution in [0.2, 0.25) is 0 Å². The molecule has 5 nitrogen and oxygen atoms in total. The Balaban J connectivity index is 1.60. The number of nitrogens with one attached hydrogen (secondary N) is 1. The largest absolute Gasteiger partial charge is 0.479 e. The zero-order valence-electron chi connectivity index (χ0n) is 9.85. The van der Waals surface area contributed by atoms with Crippen LogP contribution in [0.1, 0.15) is 38.5 Å². The van der Waals surface area contributed by atoms with Crippen LogP contribution in [-0.2, 0) is 14.3 Å². The van der Waals surface area contributed by atoms with Crippen molar-refractivity contribution in [2.45, 2.75) is 50.7 Å². The van der Waals surface area contributed by atoms with Crippen molar-refractivity contribution in [1.29, 1.82) is 0 Å². The number of carbonyl (C=O) groups is 2. The molecule has 2 atom stereocenters. The number of aliphatic carboxylic acids is 1. The molecule has 96 valence electrons. The predicted octanol–water partition coefficient (Wildman–Crippen LogP) is 0.925. The molecule has 5 heteroatoms. The monoisotopic (exact) mass is 241 g/mol. The summed E-state index contributed by atoms with van der Waals surface area (Å²) >= 11 is 0. The van der Waals surface area contributed by atoms with Crippen molar-refractivity contribution in [1.82, 2.24) is 5.32 Å². The molecule has 1 aliphatic heterocycles. The Morgan fingerprint density at radius 1 is 1.18 bits per heavy atom. The van der Waals surface area contributed by atoms with Crippen LogP contribution in [0.5, 0.6) is 0 Å². The molecular formula is C12H19NO4. The first-order chi connectivity index (χ1) is 8.16. The Hall–Kier alpha value is -1.10. The van der Waals surface area contributed by atoms with E-state index in [0.717, 1.165) is 12.3 Å². The minimum absolute atomic E-state index is 0.162. The third-order valence-corrected chi connectivity index (χ3v) is 3.37. The number of amides is 1. The van der Waals surface area contributed by atoms with Crippen LogP contribution >= 0.6 is 0 Å². The second-order valence-electron chi connectivity index (χ2n) is 4.91. The van der Waals surface area contributed by atoms with Gasteiger partial charge in [-0.1, -0.05) is 12.8 Å². The van der Waals surface area contributed by atoms with Gasteiger partial charge in [0.1, 0.15) is 6.10 Å². The molecule has 1 amide bonds. The highest BCUT2D eigenvalue weighted by atomic mass is 16.5. The molecule has 2 rings (SSSR count). The molecule has 2 aliphatic rings. The van der Waals surface area contributed by atoms with E-state index in [9.17, 15) is 9.59 Å². The molecule has 17 heavy (non-hydrogen) atoms. The van der Waals surface area contributed by atoms with E-state index < -0.39 is 18.2 Å². The fourth-order valence-corrected chi connectivity index (χ4v) is 2.13. The quantitative estimate of drug-likeness (QED) is 0.678. The summed E-state index contributed by atoms with van der Waals surface area (Å²) in [7, 11) is 0. The van der Waals surface area contributed by atoms with Crippen molar-refractivity contribution in [2.24, 2.45) is 5.92 Å². The Bertz CT molecular complexity index is 301. The molecule has 0 bridgehead atoms. The van der Waals surface area contributed by atoms with Crippen LogP contribution in [0.15, 0.2) is 0 Å². The van der Waals surface area contributed by atoms with Gasteiger partial charge in [-0.05, 0) is 31.6 Å². The third kappa shape index (κ3) is 3.70. The molecule has 0 aromatic rings. The van der Waals surface area contributed by atoms with Gasteiger partial charge in [-0.15, -0.1) is 0 Å². The fourth-order valence-electron chi connectivity index (χ4n) is 2.13. The van der Waals surface area contributed by atoms with Gasteiger partial charge in [0.2, 0.25) is 5.91 Å². The zero-order chi connectivity index (χ0) is 12.3. The summed E-state index contributed by atoms with van der Waals surface area (Å²) in [6.07, 6.45) is 4.41. The van der Waals surface area contributed by atoms with Crippen LogP contribution in [-0.4, -0.2) is 35.7 Å². The lowest BCUT2D eigenvalue weighted by molar-refractivity contribution is -0.151. The van der Waals surface area contributed by atoms with E-state index in [1.54, 1.807) is 0 Å². The second kappa shape index (κ2) is 5.49. The van der Waals surface area contributed by atoms with E-state index in [2.05, 4.69) is 5.32 Å². The first kappa shape index (κ1) is 12.4. The molecule has 2 N–H and O–H groups in total. The van der Waals surface area contributed by atoms with Gasteiger partial charge >= 0.3 is 5.97 Å². The van der Waals surface area contributed by atoms with Crippen LogP contribution in [0.4, 0.5) is 0 Å². The Morgan fingerprint density at radius 2 is 1.88 bits per heavy atom. The van der Waals surface area contributed by atoms with Crippen molar-refractivity contribution in [2.75, 3.05) is 6.54 Å². The minimum atomic E-state index is -0.978. The van der Waals surface area contributed by atoms with Crippen molar-refractivity contribution >= 4 is 11.9 Å². The van der Waals surface area contributed by atoms with Crippen LogP contribution in [0.3, 0.4) is 0 Å². The highest BCUT2D eigenvalue weighted by molar-refractivity contribution is 5.82. The van der Waals surface area contributed by atoms with E-state index in [1.165, 1.54) is 19.3 Å². The van der Waals surface area contributed by atoms with Crippen molar-refractivity contribution in [3.05, 3.63) is 0 Å². The summed E-state index contributed by atoms with van der Waals surface area (Å²) in [6.45, 7) is 0.674. The lowest BCUT2D eigenvalue weighted by atomic mass is 10.2. The molecule has 0 aromatic carbocycles. The average Bonchev–Trinajstić information content (AvgIpc) is 2.97. The number of carboxylic acids is 1. The molecule has 1 saturated carbocycles. The summed E-state index contributed by atoms with van der Waals surface area (Å²) in [6, 6.07) is 0. The highest BCUT2D eigenvalue weighted by Crippen LogP contribution is 2.33. The summed E-state index contributed by atoms with van der Waals surface area (Å²) in [5.74, 6) is -0.260. The van der Waals surface area contributed by atoms with E-state index in [-0.39, 0.29) is 5.91 Å². The molecule has 2 fully saturated rings. The van der Waals surface area contributed by atoms with Gasteiger partial charge < -0.3 is 15.2 Å². The fraction of sp³-hybridized carbons (Fsp3) is 0.833. The Kier molecular flexibility index (Phi) is 3.99. The maximum absolute atomic E-state index is 11.6. The van der Waals surface area contributed by atoms with Gasteiger partial charge in [0.15, 0.2) is 6.10 Å². The van der Waals surface area contributed by atoms with Crippen LogP contribution < -0.4 is 5.32 Å². The lowest BCUT2D eigenvalue weighted by Gasteiger charge is -2.11. The Labute approximate surface area is 101 Å². The number of rotatable bonds is 6. The number of carbonyl (C=O) groups excluding carboxylic acids is 1. The van der Waals surface area contributed by atoms with Crippen molar-refractivity contribution in [3.8, 4) is 0 Å². The first-order valence-corrected chi connectivity index (χ1v) is 6.33. The maximum Gasteiger partial charge on any atom is 0.332 e. The van der Waals surface area contributed by atoms with Gasteiger partial charge in [-0.3, -0.25) is 4.79 Å². The molecule has 1 saturated heterocycles. The number of carboxylic acid groups (broad SMARTS) is 1. The smallest absolute Gasteiger partial charge is 0.332 e. The number of ether oxygens (including phenoxy) is 1. The van der Waals surface area contributed by atoms with Crippen LogP contribution in [0.25, 0.3) is 0 Å². The van der Waals surface area contributed by atoms with E-state index in [1.807, 2.05) is 0 Å². The first-order valence-electron chi connectivity index (χ1n) is 6.33. The van der Waals surface area contributed by atoms with Gasteiger partial charge in [-0.2, -0.15) is 0 Å². The summed E-state index contributed by atoms with van der Waals surface area (Å²) < 4.78 is 5.16. The topological polar surface area (TPSA) is 75.6 Å². The zero-order valence-corrected chi connectivity index (χ0v) is 9.85. The third-order valence-electron chi connectivity index (χ3n) is 3.37. The SMILES string of the molecule is O=C(O)C1CCC(C(=O)NCCCC2CC2)O1. The molecule has 2 unspecified atom stereocenters.